The molecule has 2 nitrogen and oxygen atoms in total. The van der Waals surface area contributed by atoms with E-state index in [0.29, 0.717) is 5.69 Å². The summed E-state index contributed by atoms with van der Waals surface area (Å²) in [7, 11) is 1.49. The highest BCUT2D eigenvalue weighted by Gasteiger charge is 2.41. The van der Waals surface area contributed by atoms with E-state index in [1.54, 1.807) is 0 Å². The Labute approximate surface area is 97.4 Å². The fourth-order valence-electron chi connectivity index (χ4n) is 1.49. The first-order chi connectivity index (χ1) is 7.41. The fourth-order valence-corrected chi connectivity index (χ4v) is 1.91. The lowest BCUT2D eigenvalue weighted by Gasteiger charge is -2.01. The van der Waals surface area contributed by atoms with Gasteiger partial charge in [-0.25, -0.2) is 0 Å². The zero-order valence-electron chi connectivity index (χ0n) is 9.40. The minimum absolute atomic E-state index is 0.163. The number of aromatic nitrogens is 2. The van der Waals surface area contributed by atoms with Gasteiger partial charge in [-0.1, -0.05) is 25.4 Å². The third-order valence-corrected chi connectivity index (χ3v) is 2.64. The summed E-state index contributed by atoms with van der Waals surface area (Å²) >= 11 is 5.65. The fraction of sp³-hybridized carbons (Fsp3) is 0.700. The largest absolute Gasteiger partial charge is 0.436 e. The molecule has 0 amide bonds. The van der Waals surface area contributed by atoms with E-state index in [-0.39, 0.29) is 10.9 Å². The Morgan fingerprint density at radius 3 is 2.12 bits per heavy atom. The highest BCUT2D eigenvalue weighted by atomic mass is 35.5. The van der Waals surface area contributed by atoms with Crippen molar-refractivity contribution in [2.75, 3.05) is 0 Å². The second-order valence-electron chi connectivity index (χ2n) is 3.44. The van der Waals surface area contributed by atoms with Crippen LogP contribution in [0.3, 0.4) is 0 Å². The van der Waals surface area contributed by atoms with Gasteiger partial charge in [-0.05, 0) is 12.8 Å². The van der Waals surface area contributed by atoms with E-state index in [4.69, 9.17) is 11.6 Å². The van der Waals surface area contributed by atoms with Crippen molar-refractivity contribution >= 4 is 11.6 Å². The smallest absolute Gasteiger partial charge is 0.270 e. The van der Waals surface area contributed by atoms with E-state index in [0.717, 1.165) is 12.8 Å². The maximum atomic E-state index is 12.4. The standard InChI is InChI=1S/C8H8ClF3N2.C2H6/c1-14-6(4-2-3-4)5(9)7(13-14)8(10,11)12;1-2/h4H,2-3H2,1H3;1-2H3. The molecule has 0 unspecified atom stereocenters. The molecule has 1 aliphatic carbocycles. The summed E-state index contributed by atoms with van der Waals surface area (Å²) in [4.78, 5) is 0. The van der Waals surface area contributed by atoms with Crippen molar-refractivity contribution in [3.8, 4) is 0 Å². The quantitative estimate of drug-likeness (QED) is 0.741. The van der Waals surface area contributed by atoms with Crippen molar-refractivity contribution in [1.82, 2.24) is 9.78 Å². The van der Waals surface area contributed by atoms with Gasteiger partial charge in [0.25, 0.3) is 0 Å². The van der Waals surface area contributed by atoms with Crippen LogP contribution in [-0.4, -0.2) is 9.78 Å². The second-order valence-corrected chi connectivity index (χ2v) is 3.82. The summed E-state index contributed by atoms with van der Waals surface area (Å²) in [5, 5.41) is 3.17. The molecule has 1 aliphatic rings. The van der Waals surface area contributed by atoms with Gasteiger partial charge in [0.1, 0.15) is 0 Å². The van der Waals surface area contributed by atoms with Crippen LogP contribution in [0.15, 0.2) is 0 Å². The zero-order chi connectivity index (χ0) is 12.5. The lowest BCUT2D eigenvalue weighted by Crippen LogP contribution is -2.07. The Morgan fingerprint density at radius 1 is 1.31 bits per heavy atom. The second kappa shape index (κ2) is 4.65. The number of hydrogen-bond acceptors (Lipinski definition) is 1. The average Bonchev–Trinajstić information content (AvgIpc) is 2.96. The van der Waals surface area contributed by atoms with Crippen molar-refractivity contribution in [3.05, 3.63) is 16.4 Å². The minimum atomic E-state index is -4.46. The van der Waals surface area contributed by atoms with Gasteiger partial charge in [0.2, 0.25) is 0 Å². The SMILES string of the molecule is CC.Cn1nc(C(F)(F)F)c(Cl)c1C1CC1. The third kappa shape index (κ3) is 2.51. The predicted molar refractivity (Wildman–Crippen MR) is 56.5 cm³/mol. The molecule has 1 saturated carbocycles. The molecule has 1 aromatic rings. The molecule has 1 fully saturated rings. The van der Waals surface area contributed by atoms with Crippen LogP contribution in [-0.2, 0) is 13.2 Å². The molecule has 0 aliphatic heterocycles. The molecule has 92 valence electrons. The average molecular weight is 255 g/mol. The van der Waals surface area contributed by atoms with Crippen LogP contribution in [0.5, 0.6) is 0 Å². The Balaban J connectivity index is 0.000000606. The molecule has 1 aromatic heterocycles. The number of hydrogen-bond donors (Lipinski definition) is 0. The number of aryl methyl sites for hydroxylation is 1. The molecular weight excluding hydrogens is 241 g/mol. The van der Waals surface area contributed by atoms with Crippen molar-refractivity contribution < 1.29 is 13.2 Å². The van der Waals surface area contributed by atoms with E-state index in [2.05, 4.69) is 5.10 Å². The van der Waals surface area contributed by atoms with Crippen molar-refractivity contribution in [1.29, 1.82) is 0 Å². The number of alkyl halides is 3. The molecule has 0 aromatic carbocycles. The molecule has 0 saturated heterocycles. The first-order valence-corrected chi connectivity index (χ1v) is 5.58. The summed E-state index contributed by atoms with van der Waals surface area (Å²) in [6.45, 7) is 4.00. The maximum Gasteiger partial charge on any atom is 0.436 e. The van der Waals surface area contributed by atoms with Crippen LogP contribution in [0, 0.1) is 0 Å². The summed E-state index contributed by atoms with van der Waals surface area (Å²) < 4.78 is 38.3. The normalized spacial score (nSPS) is 15.7. The van der Waals surface area contributed by atoms with Crippen molar-refractivity contribution in [2.45, 2.75) is 38.8 Å². The van der Waals surface area contributed by atoms with Crippen LogP contribution in [0.25, 0.3) is 0 Å². The van der Waals surface area contributed by atoms with E-state index in [9.17, 15) is 13.2 Å². The number of halogens is 4. The van der Waals surface area contributed by atoms with Gasteiger partial charge in [0, 0.05) is 13.0 Å². The summed E-state index contributed by atoms with van der Waals surface area (Å²) in [5.74, 6) is 0.163. The van der Waals surface area contributed by atoms with Crippen LogP contribution in [0.2, 0.25) is 5.02 Å². The highest BCUT2D eigenvalue weighted by molar-refractivity contribution is 6.32. The van der Waals surface area contributed by atoms with Crippen LogP contribution in [0.4, 0.5) is 13.2 Å². The van der Waals surface area contributed by atoms with Crippen LogP contribution >= 0.6 is 11.6 Å². The lowest BCUT2D eigenvalue weighted by atomic mass is 10.2. The first-order valence-electron chi connectivity index (χ1n) is 5.21. The molecule has 1 heterocycles. The molecule has 0 N–H and O–H groups in total. The van der Waals surface area contributed by atoms with Gasteiger partial charge >= 0.3 is 6.18 Å². The van der Waals surface area contributed by atoms with E-state index in [1.165, 1.54) is 11.7 Å². The van der Waals surface area contributed by atoms with Crippen LogP contribution < -0.4 is 0 Å². The van der Waals surface area contributed by atoms with Gasteiger partial charge in [0.05, 0.1) is 10.7 Å². The van der Waals surface area contributed by atoms with Gasteiger partial charge in [-0.3, -0.25) is 4.68 Å². The number of rotatable bonds is 1. The van der Waals surface area contributed by atoms with Crippen molar-refractivity contribution in [2.24, 2.45) is 7.05 Å². The Morgan fingerprint density at radius 2 is 1.81 bits per heavy atom. The van der Waals surface area contributed by atoms with Gasteiger partial charge in [0.15, 0.2) is 5.69 Å². The van der Waals surface area contributed by atoms with Crippen molar-refractivity contribution in [3.63, 3.8) is 0 Å². The summed E-state index contributed by atoms with van der Waals surface area (Å²) in [6.07, 6.45) is -2.66. The predicted octanol–water partition coefficient (Wildman–Crippen LogP) is 4.00. The van der Waals surface area contributed by atoms with E-state index < -0.39 is 11.9 Å². The first kappa shape index (κ1) is 13.4. The molecule has 0 atom stereocenters. The Kier molecular flexibility index (Phi) is 3.88. The van der Waals surface area contributed by atoms with Gasteiger partial charge in [-0.15, -0.1) is 0 Å². The minimum Gasteiger partial charge on any atom is -0.270 e. The van der Waals surface area contributed by atoms with Crippen LogP contribution in [0.1, 0.15) is 44.0 Å². The molecular formula is C10H14ClF3N2. The summed E-state index contributed by atoms with van der Waals surface area (Å²) in [6, 6.07) is 0. The summed E-state index contributed by atoms with van der Waals surface area (Å²) in [5.41, 5.74) is -0.456. The molecule has 0 spiro atoms. The molecule has 16 heavy (non-hydrogen) atoms. The lowest BCUT2D eigenvalue weighted by molar-refractivity contribution is -0.141. The monoisotopic (exact) mass is 254 g/mol. The molecule has 6 heteroatoms. The Bertz CT molecular complexity index is 367. The van der Waals surface area contributed by atoms with Gasteiger partial charge in [-0.2, -0.15) is 18.3 Å². The number of nitrogens with zero attached hydrogens (tertiary/aromatic N) is 2. The molecule has 2 rings (SSSR count). The van der Waals surface area contributed by atoms with Gasteiger partial charge < -0.3 is 0 Å². The maximum absolute atomic E-state index is 12.4. The third-order valence-electron chi connectivity index (χ3n) is 2.26. The Hall–Kier alpha value is -0.710. The topological polar surface area (TPSA) is 17.8 Å². The van der Waals surface area contributed by atoms with E-state index >= 15 is 0 Å². The molecule has 0 bridgehead atoms. The molecule has 0 radical (unpaired) electrons. The zero-order valence-corrected chi connectivity index (χ0v) is 10.2. The highest BCUT2D eigenvalue weighted by Crippen LogP contribution is 2.46. The van der Waals surface area contributed by atoms with E-state index in [1.807, 2.05) is 13.8 Å².